The van der Waals surface area contributed by atoms with Crippen molar-refractivity contribution in [3.05, 3.63) is 60.4 Å². The molecule has 0 bridgehead atoms. The van der Waals surface area contributed by atoms with Gasteiger partial charge in [0.2, 0.25) is 0 Å². The number of para-hydroxylation sites is 1. The van der Waals surface area contributed by atoms with Gasteiger partial charge in [0.25, 0.3) is 10.0 Å². The fourth-order valence-electron chi connectivity index (χ4n) is 1.91. The van der Waals surface area contributed by atoms with Crippen LogP contribution in [0.25, 0.3) is 0 Å². The lowest BCUT2D eigenvalue weighted by atomic mass is 10.3. The van der Waals surface area contributed by atoms with Gasteiger partial charge in [0.05, 0.1) is 23.2 Å². The van der Waals surface area contributed by atoms with Crippen molar-refractivity contribution in [3.63, 3.8) is 0 Å². The van der Waals surface area contributed by atoms with Crippen LogP contribution in [0.3, 0.4) is 0 Å². The van der Waals surface area contributed by atoms with Gasteiger partial charge in [-0.3, -0.25) is 4.31 Å². The lowest BCUT2D eigenvalue weighted by molar-refractivity contribution is 0.204. The summed E-state index contributed by atoms with van der Waals surface area (Å²) in [6.07, 6.45) is -0.833. The molecule has 0 aliphatic carbocycles. The first-order valence-electron chi connectivity index (χ1n) is 6.42. The summed E-state index contributed by atoms with van der Waals surface area (Å²) in [7, 11) is -3.86. The molecule has 0 spiro atoms. The minimum atomic E-state index is -3.86. The zero-order valence-electron chi connectivity index (χ0n) is 11.5. The van der Waals surface area contributed by atoms with Crippen LogP contribution >= 0.6 is 0 Å². The van der Waals surface area contributed by atoms with Crippen LogP contribution < -0.4 is 4.31 Å². The van der Waals surface area contributed by atoms with Crippen LogP contribution in [0.5, 0.6) is 0 Å². The molecule has 1 N–H and O–H groups in total. The van der Waals surface area contributed by atoms with E-state index in [1.54, 1.807) is 30.3 Å². The van der Waals surface area contributed by atoms with Crippen LogP contribution in [0.4, 0.5) is 10.1 Å². The molecule has 0 saturated carbocycles. The fraction of sp³-hybridized carbons (Fsp3) is 0.200. The Labute approximate surface area is 123 Å². The number of halogens is 1. The van der Waals surface area contributed by atoms with Crippen molar-refractivity contribution in [3.8, 4) is 0 Å². The predicted octanol–water partition coefficient (Wildman–Crippen LogP) is 2.40. The van der Waals surface area contributed by atoms with E-state index in [4.69, 9.17) is 0 Å². The summed E-state index contributed by atoms with van der Waals surface area (Å²) in [6.45, 7) is 1.43. The molecule has 0 radical (unpaired) electrons. The molecule has 0 aliphatic heterocycles. The van der Waals surface area contributed by atoms with Crippen LogP contribution in [-0.2, 0) is 10.0 Å². The van der Waals surface area contributed by atoms with E-state index in [1.165, 1.54) is 19.1 Å². The van der Waals surface area contributed by atoms with E-state index in [9.17, 15) is 17.9 Å². The van der Waals surface area contributed by atoms with Crippen LogP contribution in [0, 0.1) is 5.82 Å². The van der Waals surface area contributed by atoms with E-state index in [2.05, 4.69) is 0 Å². The van der Waals surface area contributed by atoms with Crippen molar-refractivity contribution < 1.29 is 17.9 Å². The highest BCUT2D eigenvalue weighted by Crippen LogP contribution is 2.23. The molecular weight excluding hydrogens is 293 g/mol. The van der Waals surface area contributed by atoms with Gasteiger partial charge in [-0.25, -0.2) is 12.8 Å². The van der Waals surface area contributed by atoms with Crippen LogP contribution in [0.1, 0.15) is 6.92 Å². The molecule has 4 nitrogen and oxygen atoms in total. The summed E-state index contributed by atoms with van der Waals surface area (Å²) >= 11 is 0. The van der Waals surface area contributed by atoms with E-state index in [0.29, 0.717) is 5.69 Å². The minimum Gasteiger partial charge on any atom is -0.392 e. The quantitative estimate of drug-likeness (QED) is 0.922. The molecule has 1 atom stereocenters. The number of hydrogen-bond donors (Lipinski definition) is 1. The molecule has 0 saturated heterocycles. The van der Waals surface area contributed by atoms with E-state index in [1.807, 2.05) is 0 Å². The van der Waals surface area contributed by atoms with Crippen molar-refractivity contribution in [2.24, 2.45) is 0 Å². The van der Waals surface area contributed by atoms with Gasteiger partial charge in [0, 0.05) is 0 Å². The zero-order chi connectivity index (χ0) is 15.5. The summed E-state index contributed by atoms with van der Waals surface area (Å²) in [5, 5.41) is 9.57. The second-order valence-electron chi connectivity index (χ2n) is 4.67. The maximum atomic E-state index is 13.0. The molecule has 2 aromatic rings. The van der Waals surface area contributed by atoms with Gasteiger partial charge in [-0.15, -0.1) is 0 Å². The zero-order valence-corrected chi connectivity index (χ0v) is 12.3. The number of aliphatic hydroxyl groups excluding tert-OH is 1. The first-order chi connectivity index (χ1) is 9.91. The summed E-state index contributed by atoms with van der Waals surface area (Å²) < 4.78 is 39.4. The van der Waals surface area contributed by atoms with Gasteiger partial charge in [0.1, 0.15) is 5.82 Å². The molecule has 0 aromatic heterocycles. The van der Waals surface area contributed by atoms with Crippen molar-refractivity contribution in [1.29, 1.82) is 0 Å². The molecule has 0 aliphatic rings. The Hall–Kier alpha value is -1.92. The lowest BCUT2D eigenvalue weighted by Crippen LogP contribution is -2.36. The first kappa shape index (κ1) is 15.5. The molecule has 21 heavy (non-hydrogen) atoms. The van der Waals surface area contributed by atoms with Crippen LogP contribution in [0.15, 0.2) is 59.5 Å². The summed E-state index contributed by atoms with van der Waals surface area (Å²) in [5.41, 5.74) is 0.447. The third-order valence-electron chi connectivity index (χ3n) is 2.88. The molecule has 2 aromatic carbocycles. The van der Waals surface area contributed by atoms with Gasteiger partial charge in [-0.1, -0.05) is 18.2 Å². The highest BCUT2D eigenvalue weighted by Gasteiger charge is 2.25. The smallest absolute Gasteiger partial charge is 0.264 e. The third kappa shape index (κ3) is 3.59. The van der Waals surface area contributed by atoms with Crippen molar-refractivity contribution in [1.82, 2.24) is 0 Å². The van der Waals surface area contributed by atoms with Crippen molar-refractivity contribution >= 4 is 15.7 Å². The molecule has 0 fully saturated rings. The average Bonchev–Trinajstić information content (AvgIpc) is 2.46. The van der Waals surface area contributed by atoms with Gasteiger partial charge in [-0.2, -0.15) is 0 Å². The normalized spacial score (nSPS) is 12.9. The van der Waals surface area contributed by atoms with Crippen molar-refractivity contribution in [2.75, 3.05) is 10.8 Å². The largest absolute Gasteiger partial charge is 0.392 e. The van der Waals surface area contributed by atoms with Crippen molar-refractivity contribution in [2.45, 2.75) is 17.9 Å². The van der Waals surface area contributed by atoms with Gasteiger partial charge in [0.15, 0.2) is 0 Å². The topological polar surface area (TPSA) is 57.6 Å². The maximum absolute atomic E-state index is 13.0. The van der Waals surface area contributed by atoms with E-state index < -0.39 is 21.9 Å². The van der Waals surface area contributed by atoms with Gasteiger partial charge < -0.3 is 5.11 Å². The molecule has 6 heteroatoms. The highest BCUT2D eigenvalue weighted by molar-refractivity contribution is 7.92. The number of sulfonamides is 1. The standard InChI is InChI=1S/C15H16FNO3S/c1-12(18)11-17(14-5-3-2-4-6-14)21(19,20)15-9-7-13(16)8-10-15/h2-10,12,18H,11H2,1H3/t12-/m1/s1. The monoisotopic (exact) mass is 309 g/mol. The fourth-order valence-corrected chi connectivity index (χ4v) is 3.46. The first-order valence-corrected chi connectivity index (χ1v) is 7.86. The molecule has 0 heterocycles. The Morgan fingerprint density at radius 1 is 1.10 bits per heavy atom. The van der Waals surface area contributed by atoms with Crippen LogP contribution in [-0.4, -0.2) is 26.2 Å². The Morgan fingerprint density at radius 3 is 2.19 bits per heavy atom. The Balaban J connectivity index is 2.47. The number of anilines is 1. The highest BCUT2D eigenvalue weighted by atomic mass is 32.2. The molecule has 112 valence electrons. The Bertz CT molecular complexity index is 685. The lowest BCUT2D eigenvalue weighted by Gasteiger charge is -2.25. The number of hydrogen-bond acceptors (Lipinski definition) is 3. The SMILES string of the molecule is C[C@@H](O)CN(c1ccccc1)S(=O)(=O)c1ccc(F)cc1. The molecule has 2 rings (SSSR count). The number of nitrogens with zero attached hydrogens (tertiary/aromatic N) is 1. The summed E-state index contributed by atoms with van der Waals surface area (Å²) in [4.78, 5) is -0.0200. The van der Waals surface area contributed by atoms with E-state index in [0.717, 1.165) is 16.4 Å². The maximum Gasteiger partial charge on any atom is 0.264 e. The summed E-state index contributed by atoms with van der Waals surface area (Å²) in [5.74, 6) is -0.504. The van der Waals surface area contributed by atoms with Gasteiger partial charge >= 0.3 is 0 Å². The Kier molecular flexibility index (Phi) is 4.59. The molecular formula is C15H16FNO3S. The second-order valence-corrected chi connectivity index (χ2v) is 6.54. The van der Waals surface area contributed by atoms with Crippen LogP contribution in [0.2, 0.25) is 0 Å². The molecule has 0 unspecified atom stereocenters. The average molecular weight is 309 g/mol. The van der Waals surface area contributed by atoms with E-state index >= 15 is 0 Å². The number of aliphatic hydroxyl groups is 1. The summed E-state index contributed by atoms with van der Waals surface area (Å²) in [6, 6.07) is 13.1. The molecule has 0 amide bonds. The minimum absolute atomic E-state index is 0.0200. The van der Waals surface area contributed by atoms with E-state index in [-0.39, 0.29) is 11.4 Å². The Morgan fingerprint density at radius 2 is 1.67 bits per heavy atom. The third-order valence-corrected chi connectivity index (χ3v) is 4.68. The predicted molar refractivity (Wildman–Crippen MR) is 79.1 cm³/mol. The number of rotatable bonds is 5. The second kappa shape index (κ2) is 6.24. The van der Waals surface area contributed by atoms with Gasteiger partial charge in [-0.05, 0) is 43.3 Å². The number of benzene rings is 2.